The summed E-state index contributed by atoms with van der Waals surface area (Å²) in [6, 6.07) is 22.7. The van der Waals surface area contributed by atoms with Crippen LogP contribution in [0.5, 0.6) is 0 Å². The summed E-state index contributed by atoms with van der Waals surface area (Å²) >= 11 is 5.58. The summed E-state index contributed by atoms with van der Waals surface area (Å²) < 4.78 is 5.27. The molecule has 0 N–H and O–H groups in total. The van der Waals surface area contributed by atoms with Gasteiger partial charge in [0, 0.05) is 0 Å². The maximum absolute atomic E-state index is 13.2. The number of hydrogen-bond donors (Lipinski definition) is 0. The summed E-state index contributed by atoms with van der Waals surface area (Å²) in [7, 11) is 0. The second kappa shape index (κ2) is 9.36. The zero-order chi connectivity index (χ0) is 21.6. The Balaban J connectivity index is 1.66. The van der Waals surface area contributed by atoms with Crippen LogP contribution < -0.4 is 0 Å². The Morgan fingerprint density at radius 3 is 1.81 bits per heavy atom. The van der Waals surface area contributed by atoms with Crippen LogP contribution in [0.4, 0.5) is 0 Å². The van der Waals surface area contributed by atoms with Gasteiger partial charge in [-0.2, -0.15) is 0 Å². The second-order valence-electron chi connectivity index (χ2n) is 6.99. The maximum atomic E-state index is 13.2. The molecule has 5 nitrogen and oxygen atoms in total. The molecule has 2 aromatic carbocycles. The van der Waals surface area contributed by atoms with Crippen molar-refractivity contribution in [1.29, 1.82) is 0 Å². The third kappa shape index (κ3) is 4.70. The number of hydrogen-bond acceptors (Lipinski definition) is 4. The van der Waals surface area contributed by atoms with Crippen LogP contribution in [0.15, 0.2) is 101 Å². The highest BCUT2D eigenvalue weighted by molar-refractivity contribution is 7.80. The molecule has 0 radical (unpaired) electrons. The lowest BCUT2D eigenvalue weighted by Gasteiger charge is -2.36. The van der Waals surface area contributed by atoms with Crippen molar-refractivity contribution in [2.75, 3.05) is 0 Å². The van der Waals surface area contributed by atoms with E-state index in [2.05, 4.69) is 0 Å². The van der Waals surface area contributed by atoms with Gasteiger partial charge in [-0.15, -0.1) is 0 Å². The lowest BCUT2D eigenvalue weighted by molar-refractivity contribution is -0.134. The molecule has 2 heterocycles. The van der Waals surface area contributed by atoms with Gasteiger partial charge in [0.25, 0.3) is 11.8 Å². The first kappa shape index (κ1) is 20.5. The monoisotopic (exact) mass is 428 g/mol. The first-order valence-electron chi connectivity index (χ1n) is 9.81. The van der Waals surface area contributed by atoms with Crippen LogP contribution in [0.1, 0.15) is 16.9 Å². The van der Waals surface area contributed by atoms with E-state index >= 15 is 0 Å². The molecule has 1 saturated heterocycles. The van der Waals surface area contributed by atoms with Crippen LogP contribution in [0.3, 0.4) is 0 Å². The van der Waals surface area contributed by atoms with Gasteiger partial charge in [-0.25, -0.2) is 0 Å². The first-order valence-corrected chi connectivity index (χ1v) is 10.2. The van der Waals surface area contributed by atoms with Crippen LogP contribution in [-0.2, 0) is 22.7 Å². The Kier molecular flexibility index (Phi) is 6.19. The summed E-state index contributed by atoms with van der Waals surface area (Å²) in [6.45, 7) is 0.576. The van der Waals surface area contributed by atoms with Crippen LogP contribution in [-0.4, -0.2) is 26.7 Å². The molecule has 0 aliphatic carbocycles. The third-order valence-corrected chi connectivity index (χ3v) is 5.29. The highest BCUT2D eigenvalue weighted by Gasteiger charge is 2.39. The highest BCUT2D eigenvalue weighted by Crippen LogP contribution is 2.22. The van der Waals surface area contributed by atoms with Crippen LogP contribution in [0.2, 0.25) is 0 Å². The van der Waals surface area contributed by atoms with Crippen LogP contribution in [0.25, 0.3) is 6.08 Å². The topological polar surface area (TPSA) is 53.8 Å². The largest absolute Gasteiger partial charge is 0.465 e. The fourth-order valence-electron chi connectivity index (χ4n) is 3.28. The summed E-state index contributed by atoms with van der Waals surface area (Å²) in [4.78, 5) is 29.4. The van der Waals surface area contributed by atoms with Crippen molar-refractivity contribution in [2.24, 2.45) is 0 Å². The van der Waals surface area contributed by atoms with E-state index in [1.54, 1.807) is 30.5 Å². The Bertz CT molecular complexity index is 1070. The molecule has 1 aliphatic rings. The SMILES string of the molecule is O=C1C(=C/C=C/c2ccco2)C(=O)N(Cc2ccccc2)C(=S)N1Cc1ccccc1. The lowest BCUT2D eigenvalue weighted by atomic mass is 10.1. The van der Waals surface area contributed by atoms with Crippen molar-refractivity contribution in [3.63, 3.8) is 0 Å². The molecular formula is C25H20N2O3S. The fraction of sp³-hybridized carbons (Fsp3) is 0.0800. The van der Waals surface area contributed by atoms with Gasteiger partial charge >= 0.3 is 0 Å². The first-order chi connectivity index (χ1) is 15.1. The van der Waals surface area contributed by atoms with Crippen molar-refractivity contribution in [3.05, 3.63) is 114 Å². The molecule has 1 aromatic heterocycles. The van der Waals surface area contributed by atoms with E-state index in [4.69, 9.17) is 16.6 Å². The number of nitrogens with zero attached hydrogens (tertiary/aromatic N) is 2. The van der Waals surface area contributed by atoms with Gasteiger partial charge in [0.2, 0.25) is 0 Å². The number of allylic oxidation sites excluding steroid dienone is 2. The zero-order valence-electron chi connectivity index (χ0n) is 16.7. The van der Waals surface area contributed by atoms with Crippen molar-refractivity contribution >= 4 is 35.2 Å². The number of amides is 2. The Morgan fingerprint density at radius 2 is 1.32 bits per heavy atom. The molecule has 6 heteroatoms. The Labute approximate surface area is 185 Å². The van der Waals surface area contributed by atoms with Crippen molar-refractivity contribution in [1.82, 2.24) is 9.80 Å². The average Bonchev–Trinajstić information content (AvgIpc) is 3.32. The van der Waals surface area contributed by atoms with E-state index in [0.717, 1.165) is 11.1 Å². The van der Waals surface area contributed by atoms with Gasteiger partial charge in [0.05, 0.1) is 19.4 Å². The molecule has 31 heavy (non-hydrogen) atoms. The minimum Gasteiger partial charge on any atom is -0.465 e. The van der Waals surface area contributed by atoms with E-state index in [1.165, 1.54) is 15.9 Å². The minimum absolute atomic E-state index is 0.0586. The average molecular weight is 429 g/mol. The van der Waals surface area contributed by atoms with Gasteiger partial charge in [-0.3, -0.25) is 19.4 Å². The van der Waals surface area contributed by atoms with E-state index in [1.807, 2.05) is 60.7 Å². The van der Waals surface area contributed by atoms with Gasteiger partial charge in [-0.05, 0) is 47.6 Å². The van der Waals surface area contributed by atoms with Crippen molar-refractivity contribution < 1.29 is 14.0 Å². The van der Waals surface area contributed by atoms with Crippen LogP contribution >= 0.6 is 12.2 Å². The number of rotatable bonds is 6. The molecule has 4 rings (SSSR count). The smallest absolute Gasteiger partial charge is 0.265 e. The fourth-order valence-corrected chi connectivity index (χ4v) is 3.58. The Hall–Kier alpha value is -3.77. The highest BCUT2D eigenvalue weighted by atomic mass is 32.1. The molecule has 0 bridgehead atoms. The zero-order valence-corrected chi connectivity index (χ0v) is 17.5. The standard InChI is InChI=1S/C25H20N2O3S/c28-23-22(15-7-13-21-14-8-16-30-21)24(29)27(18-20-11-5-2-6-12-20)25(31)26(23)17-19-9-3-1-4-10-19/h1-16H,17-18H2/b13-7+. The van der Waals surface area contributed by atoms with Crippen LogP contribution in [0, 0.1) is 0 Å². The molecular weight excluding hydrogens is 408 g/mol. The third-order valence-electron chi connectivity index (χ3n) is 4.85. The number of carbonyl (C=O) groups excluding carboxylic acids is 2. The van der Waals surface area contributed by atoms with E-state index < -0.39 is 11.8 Å². The number of carbonyl (C=O) groups is 2. The van der Waals surface area contributed by atoms with E-state index in [9.17, 15) is 9.59 Å². The summed E-state index contributed by atoms with van der Waals surface area (Å²) in [5.41, 5.74) is 1.92. The molecule has 0 saturated carbocycles. The predicted molar refractivity (Wildman–Crippen MR) is 122 cm³/mol. The number of furan rings is 1. The number of benzene rings is 2. The van der Waals surface area contributed by atoms with Gasteiger partial charge in [-0.1, -0.05) is 66.7 Å². The Morgan fingerprint density at radius 1 is 0.774 bits per heavy atom. The molecule has 0 spiro atoms. The molecule has 0 unspecified atom stereocenters. The molecule has 3 aromatic rings. The number of thiocarbonyl (C=S) groups is 1. The predicted octanol–water partition coefficient (Wildman–Crippen LogP) is 4.58. The van der Waals surface area contributed by atoms with Crippen molar-refractivity contribution in [3.8, 4) is 0 Å². The molecule has 154 valence electrons. The van der Waals surface area contributed by atoms with E-state index in [0.29, 0.717) is 5.76 Å². The summed E-state index contributed by atoms with van der Waals surface area (Å²) in [5, 5.41) is 0.204. The maximum Gasteiger partial charge on any atom is 0.265 e. The minimum atomic E-state index is -0.410. The lowest BCUT2D eigenvalue weighted by Crippen LogP contribution is -2.55. The summed E-state index contributed by atoms with van der Waals surface area (Å²) in [6.07, 6.45) is 6.42. The van der Waals surface area contributed by atoms with Crippen molar-refractivity contribution in [2.45, 2.75) is 13.1 Å². The molecule has 1 aliphatic heterocycles. The second-order valence-corrected chi connectivity index (χ2v) is 7.36. The van der Waals surface area contributed by atoms with Gasteiger partial charge in [0.1, 0.15) is 11.3 Å². The van der Waals surface area contributed by atoms with Gasteiger partial charge < -0.3 is 4.42 Å². The molecule has 0 atom stereocenters. The quantitative estimate of drug-likeness (QED) is 0.328. The molecule has 1 fully saturated rings. The normalized spacial score (nSPS) is 14.6. The molecule has 2 amide bonds. The van der Waals surface area contributed by atoms with Gasteiger partial charge in [0.15, 0.2) is 5.11 Å². The van der Waals surface area contributed by atoms with E-state index in [-0.39, 0.29) is 23.8 Å². The summed E-state index contributed by atoms with van der Waals surface area (Å²) in [5.74, 6) is -0.190.